The molecule has 1 rings (SSSR count). The number of anilines is 1. The molecule has 0 radical (unpaired) electrons. The van der Waals surface area contributed by atoms with E-state index in [1.54, 1.807) is 0 Å². The Kier molecular flexibility index (Phi) is 3.31. The van der Waals surface area contributed by atoms with Gasteiger partial charge in [0.2, 0.25) is 0 Å². The Morgan fingerprint density at radius 1 is 1.46 bits per heavy atom. The van der Waals surface area contributed by atoms with Gasteiger partial charge in [-0.1, -0.05) is 13.0 Å². The number of rotatable bonds is 3. The van der Waals surface area contributed by atoms with Crippen LogP contribution >= 0.6 is 15.9 Å². The maximum atomic E-state index is 4.31. The van der Waals surface area contributed by atoms with Gasteiger partial charge in [0.15, 0.2) is 0 Å². The molecule has 1 aromatic heterocycles. The molecule has 72 valence electrons. The number of nitrogens with zero attached hydrogens (tertiary/aromatic N) is 1. The van der Waals surface area contributed by atoms with E-state index in [0.29, 0.717) is 0 Å². The van der Waals surface area contributed by atoms with Gasteiger partial charge in [-0.2, -0.15) is 0 Å². The molecular formula is C10H15BrN2. The number of hydrogen-bond acceptors (Lipinski definition) is 2. The van der Waals surface area contributed by atoms with Gasteiger partial charge >= 0.3 is 0 Å². The number of pyridine rings is 1. The zero-order valence-electron chi connectivity index (χ0n) is 8.26. The van der Waals surface area contributed by atoms with Crippen molar-refractivity contribution in [2.75, 3.05) is 5.32 Å². The minimum absolute atomic E-state index is 0.105. The van der Waals surface area contributed by atoms with E-state index in [-0.39, 0.29) is 5.54 Å². The summed E-state index contributed by atoms with van der Waals surface area (Å²) < 4.78 is 0.865. The zero-order valence-corrected chi connectivity index (χ0v) is 9.85. The normalized spacial score (nSPS) is 11.4. The first-order valence-corrected chi connectivity index (χ1v) is 5.23. The van der Waals surface area contributed by atoms with Crippen LogP contribution < -0.4 is 5.32 Å². The summed E-state index contributed by atoms with van der Waals surface area (Å²) in [6.07, 6.45) is 1.07. The summed E-state index contributed by atoms with van der Waals surface area (Å²) in [7, 11) is 0. The van der Waals surface area contributed by atoms with Gasteiger partial charge in [-0.15, -0.1) is 0 Å². The van der Waals surface area contributed by atoms with Crippen molar-refractivity contribution in [2.45, 2.75) is 32.7 Å². The first kappa shape index (κ1) is 10.5. The molecule has 0 unspecified atom stereocenters. The summed E-state index contributed by atoms with van der Waals surface area (Å²) in [4.78, 5) is 4.31. The Bertz CT molecular complexity index is 284. The van der Waals surface area contributed by atoms with Crippen molar-refractivity contribution >= 4 is 21.7 Å². The van der Waals surface area contributed by atoms with Gasteiger partial charge in [0, 0.05) is 5.54 Å². The van der Waals surface area contributed by atoms with E-state index in [2.05, 4.69) is 47.0 Å². The van der Waals surface area contributed by atoms with Crippen LogP contribution in [-0.2, 0) is 0 Å². The van der Waals surface area contributed by atoms with E-state index in [1.807, 2.05) is 18.2 Å². The molecule has 0 saturated carbocycles. The third kappa shape index (κ3) is 3.35. The smallest absolute Gasteiger partial charge is 0.127 e. The summed E-state index contributed by atoms with van der Waals surface area (Å²) in [6, 6.07) is 5.87. The van der Waals surface area contributed by atoms with E-state index in [9.17, 15) is 0 Å². The second-order valence-corrected chi connectivity index (χ2v) is 4.52. The van der Waals surface area contributed by atoms with Crippen LogP contribution in [0, 0.1) is 0 Å². The lowest BCUT2D eigenvalue weighted by Gasteiger charge is -2.25. The summed E-state index contributed by atoms with van der Waals surface area (Å²) in [6.45, 7) is 6.48. The summed E-state index contributed by atoms with van der Waals surface area (Å²) in [5.74, 6) is 0.918. The Labute approximate surface area is 87.9 Å². The molecule has 1 N–H and O–H groups in total. The third-order valence-corrected chi connectivity index (χ3v) is 2.51. The fourth-order valence-electron chi connectivity index (χ4n) is 0.913. The number of hydrogen-bond donors (Lipinski definition) is 1. The SMILES string of the molecule is CCC(C)(C)Nc1cccc(Br)n1. The van der Waals surface area contributed by atoms with Crippen molar-refractivity contribution in [3.8, 4) is 0 Å². The van der Waals surface area contributed by atoms with Crippen molar-refractivity contribution in [3.63, 3.8) is 0 Å². The monoisotopic (exact) mass is 242 g/mol. The third-order valence-electron chi connectivity index (χ3n) is 2.07. The van der Waals surface area contributed by atoms with Crippen molar-refractivity contribution < 1.29 is 0 Å². The van der Waals surface area contributed by atoms with E-state index in [4.69, 9.17) is 0 Å². The fourth-order valence-corrected chi connectivity index (χ4v) is 1.26. The van der Waals surface area contributed by atoms with Crippen LogP contribution in [-0.4, -0.2) is 10.5 Å². The standard InChI is InChI=1S/C10H15BrN2/c1-4-10(2,3)13-9-7-5-6-8(11)12-9/h5-7H,4H2,1-3H3,(H,12,13). The molecule has 0 saturated heterocycles. The van der Waals surface area contributed by atoms with Crippen molar-refractivity contribution in [1.29, 1.82) is 0 Å². The molecule has 13 heavy (non-hydrogen) atoms. The molecule has 0 bridgehead atoms. The number of aromatic nitrogens is 1. The van der Waals surface area contributed by atoms with E-state index >= 15 is 0 Å². The highest BCUT2D eigenvalue weighted by atomic mass is 79.9. The summed E-state index contributed by atoms with van der Waals surface area (Å²) in [5, 5.41) is 3.37. The first-order valence-electron chi connectivity index (χ1n) is 4.44. The summed E-state index contributed by atoms with van der Waals surface area (Å²) >= 11 is 3.34. The van der Waals surface area contributed by atoms with Gasteiger partial charge in [0.25, 0.3) is 0 Å². The molecule has 0 aliphatic heterocycles. The average Bonchev–Trinajstić information content (AvgIpc) is 2.03. The highest BCUT2D eigenvalue weighted by Gasteiger charge is 2.14. The average molecular weight is 243 g/mol. The van der Waals surface area contributed by atoms with Gasteiger partial charge < -0.3 is 5.32 Å². The Morgan fingerprint density at radius 3 is 2.69 bits per heavy atom. The van der Waals surface area contributed by atoms with Crippen molar-refractivity contribution in [1.82, 2.24) is 4.98 Å². The molecule has 0 aromatic carbocycles. The van der Waals surface area contributed by atoms with Crippen LogP contribution in [0.4, 0.5) is 5.82 Å². The molecule has 0 fully saturated rings. The fraction of sp³-hybridized carbons (Fsp3) is 0.500. The largest absolute Gasteiger partial charge is 0.365 e. The van der Waals surface area contributed by atoms with Gasteiger partial charge in [0.05, 0.1) is 0 Å². The molecule has 0 atom stereocenters. The predicted molar refractivity (Wildman–Crippen MR) is 59.9 cm³/mol. The van der Waals surface area contributed by atoms with Crippen molar-refractivity contribution in [3.05, 3.63) is 22.8 Å². The minimum atomic E-state index is 0.105. The lowest BCUT2D eigenvalue weighted by molar-refractivity contribution is 0.545. The molecule has 1 aromatic rings. The van der Waals surface area contributed by atoms with Crippen LogP contribution in [0.3, 0.4) is 0 Å². The minimum Gasteiger partial charge on any atom is -0.365 e. The van der Waals surface area contributed by atoms with Gasteiger partial charge in [-0.05, 0) is 48.3 Å². The molecule has 0 spiro atoms. The van der Waals surface area contributed by atoms with Gasteiger partial charge in [-0.3, -0.25) is 0 Å². The maximum Gasteiger partial charge on any atom is 0.127 e. The lowest BCUT2D eigenvalue weighted by Crippen LogP contribution is -2.30. The second-order valence-electron chi connectivity index (χ2n) is 3.71. The second kappa shape index (κ2) is 4.09. The molecule has 0 aliphatic rings. The van der Waals surface area contributed by atoms with Crippen LogP contribution in [0.1, 0.15) is 27.2 Å². The molecule has 3 heteroatoms. The van der Waals surface area contributed by atoms with Gasteiger partial charge in [-0.25, -0.2) is 4.98 Å². The van der Waals surface area contributed by atoms with Crippen LogP contribution in [0.2, 0.25) is 0 Å². The Hall–Kier alpha value is -0.570. The maximum absolute atomic E-state index is 4.31. The molecule has 1 heterocycles. The van der Waals surface area contributed by atoms with Crippen LogP contribution in [0.25, 0.3) is 0 Å². The first-order chi connectivity index (χ1) is 6.03. The number of halogens is 1. The molecule has 0 amide bonds. The predicted octanol–water partition coefficient (Wildman–Crippen LogP) is 3.44. The summed E-state index contributed by atoms with van der Waals surface area (Å²) in [5.41, 5.74) is 0.105. The topological polar surface area (TPSA) is 24.9 Å². The number of nitrogens with one attached hydrogen (secondary N) is 1. The van der Waals surface area contributed by atoms with Crippen molar-refractivity contribution in [2.24, 2.45) is 0 Å². The molecular weight excluding hydrogens is 228 g/mol. The van der Waals surface area contributed by atoms with E-state index < -0.39 is 0 Å². The lowest BCUT2D eigenvalue weighted by atomic mass is 10.0. The quantitative estimate of drug-likeness (QED) is 0.822. The highest BCUT2D eigenvalue weighted by Crippen LogP contribution is 2.17. The Balaban J connectivity index is 2.74. The Morgan fingerprint density at radius 2 is 2.15 bits per heavy atom. The van der Waals surface area contributed by atoms with E-state index in [1.165, 1.54) is 0 Å². The van der Waals surface area contributed by atoms with Crippen LogP contribution in [0.5, 0.6) is 0 Å². The molecule has 2 nitrogen and oxygen atoms in total. The molecule has 0 aliphatic carbocycles. The van der Waals surface area contributed by atoms with Crippen LogP contribution in [0.15, 0.2) is 22.8 Å². The zero-order chi connectivity index (χ0) is 9.90. The van der Waals surface area contributed by atoms with E-state index in [0.717, 1.165) is 16.8 Å². The highest BCUT2D eigenvalue weighted by molar-refractivity contribution is 9.10. The van der Waals surface area contributed by atoms with Gasteiger partial charge in [0.1, 0.15) is 10.4 Å².